The first-order valence-corrected chi connectivity index (χ1v) is 5.65. The molecule has 0 bridgehead atoms. The molecule has 0 fully saturated rings. The minimum absolute atomic E-state index is 0.0380. The minimum atomic E-state index is -1.30. The number of carboxylic acid groups (broad SMARTS) is 1. The Morgan fingerprint density at radius 3 is 2.72 bits per heavy atom. The van der Waals surface area contributed by atoms with Crippen LogP contribution in [0.25, 0.3) is 5.82 Å². The van der Waals surface area contributed by atoms with Crippen LogP contribution in [0, 0.1) is 13.7 Å². The number of halogens is 1. The predicted molar refractivity (Wildman–Crippen MR) is 67.7 cm³/mol. The number of carbonyl (C=O) groups is 1. The van der Waals surface area contributed by atoms with E-state index < -0.39 is 10.9 Å². The molecule has 2 aromatic heterocycles. The monoisotopic (exact) mass is 360 g/mol. The SMILES string of the molecule is O=C(O)c1cc([N+](=O)[O-])cnc1-n1cc(I)cn1. The summed E-state index contributed by atoms with van der Waals surface area (Å²) in [5.74, 6) is -1.26. The standard InChI is InChI=1S/C9H5IN4O4/c10-5-2-12-13(4-5)8-7(9(15)16)1-6(3-11-8)14(17)18/h1-4H,(H,15,16). The van der Waals surface area contributed by atoms with E-state index >= 15 is 0 Å². The molecule has 9 heteroatoms. The average Bonchev–Trinajstić information content (AvgIpc) is 2.74. The highest BCUT2D eigenvalue weighted by molar-refractivity contribution is 14.1. The van der Waals surface area contributed by atoms with Crippen LogP contribution in [0.4, 0.5) is 5.69 Å². The molecule has 0 spiro atoms. The van der Waals surface area contributed by atoms with E-state index in [9.17, 15) is 14.9 Å². The summed E-state index contributed by atoms with van der Waals surface area (Å²) in [6.45, 7) is 0. The van der Waals surface area contributed by atoms with Crippen molar-refractivity contribution in [1.29, 1.82) is 0 Å². The Kier molecular flexibility index (Phi) is 3.23. The van der Waals surface area contributed by atoms with E-state index in [1.165, 1.54) is 10.9 Å². The second-order valence-electron chi connectivity index (χ2n) is 3.23. The lowest BCUT2D eigenvalue weighted by Gasteiger charge is -2.04. The Hall–Kier alpha value is -2.04. The fourth-order valence-electron chi connectivity index (χ4n) is 1.30. The van der Waals surface area contributed by atoms with Gasteiger partial charge in [0.1, 0.15) is 11.8 Å². The summed E-state index contributed by atoms with van der Waals surface area (Å²) in [6.07, 6.45) is 4.09. The number of rotatable bonds is 3. The number of carboxylic acids is 1. The second kappa shape index (κ2) is 4.68. The molecule has 0 aliphatic carbocycles. The summed E-state index contributed by atoms with van der Waals surface area (Å²) < 4.78 is 2.05. The molecule has 1 N–H and O–H groups in total. The zero-order valence-corrected chi connectivity index (χ0v) is 10.8. The van der Waals surface area contributed by atoms with Gasteiger partial charge in [-0.25, -0.2) is 14.5 Å². The molecule has 92 valence electrons. The van der Waals surface area contributed by atoms with Crippen LogP contribution in [0.2, 0.25) is 0 Å². The fourth-order valence-corrected chi connectivity index (χ4v) is 1.69. The number of aromatic nitrogens is 3. The summed E-state index contributed by atoms with van der Waals surface area (Å²) in [4.78, 5) is 24.7. The van der Waals surface area contributed by atoms with Crippen LogP contribution in [0.5, 0.6) is 0 Å². The molecule has 0 saturated heterocycles. The highest BCUT2D eigenvalue weighted by atomic mass is 127. The Morgan fingerprint density at radius 1 is 1.50 bits per heavy atom. The molecule has 0 amide bonds. The van der Waals surface area contributed by atoms with Gasteiger partial charge in [0.2, 0.25) is 0 Å². The normalized spacial score (nSPS) is 10.3. The topological polar surface area (TPSA) is 111 Å². The summed E-state index contributed by atoms with van der Waals surface area (Å²) in [6, 6.07) is 0.958. The summed E-state index contributed by atoms with van der Waals surface area (Å²) >= 11 is 2.01. The zero-order chi connectivity index (χ0) is 13.3. The third kappa shape index (κ3) is 2.30. The van der Waals surface area contributed by atoms with E-state index in [2.05, 4.69) is 10.1 Å². The summed E-state index contributed by atoms with van der Waals surface area (Å²) in [5, 5.41) is 23.5. The summed E-state index contributed by atoms with van der Waals surface area (Å²) in [7, 11) is 0. The molecule has 0 aromatic carbocycles. The van der Waals surface area contributed by atoms with E-state index in [4.69, 9.17) is 5.11 Å². The molecule has 0 aliphatic rings. The Bertz CT molecular complexity index is 639. The first-order valence-electron chi connectivity index (χ1n) is 4.57. The molecule has 2 aromatic rings. The van der Waals surface area contributed by atoms with Gasteiger partial charge in [-0.05, 0) is 22.6 Å². The smallest absolute Gasteiger partial charge is 0.339 e. The van der Waals surface area contributed by atoms with Crippen molar-refractivity contribution >= 4 is 34.2 Å². The maximum absolute atomic E-state index is 11.1. The number of aromatic carboxylic acids is 1. The van der Waals surface area contributed by atoms with Gasteiger partial charge in [-0.2, -0.15) is 5.10 Å². The van der Waals surface area contributed by atoms with Crippen molar-refractivity contribution in [3.05, 3.63) is 43.9 Å². The molecule has 18 heavy (non-hydrogen) atoms. The molecule has 2 rings (SSSR count). The Labute approximate surface area is 114 Å². The number of pyridine rings is 1. The van der Waals surface area contributed by atoms with Gasteiger partial charge in [-0.1, -0.05) is 0 Å². The van der Waals surface area contributed by atoms with Crippen LogP contribution in [0.3, 0.4) is 0 Å². The van der Waals surface area contributed by atoms with Crippen molar-refractivity contribution in [1.82, 2.24) is 14.8 Å². The molecule has 0 atom stereocenters. The predicted octanol–water partition coefficient (Wildman–Crippen LogP) is 1.48. The molecule has 8 nitrogen and oxygen atoms in total. The average molecular weight is 360 g/mol. The van der Waals surface area contributed by atoms with Gasteiger partial charge in [0.05, 0.1) is 14.7 Å². The highest BCUT2D eigenvalue weighted by Gasteiger charge is 2.19. The molecular weight excluding hydrogens is 355 g/mol. The van der Waals surface area contributed by atoms with Gasteiger partial charge in [0.15, 0.2) is 5.82 Å². The van der Waals surface area contributed by atoms with Gasteiger partial charge in [-0.3, -0.25) is 10.1 Å². The van der Waals surface area contributed by atoms with Crippen molar-refractivity contribution in [2.45, 2.75) is 0 Å². The first-order chi connectivity index (χ1) is 8.49. The van der Waals surface area contributed by atoms with Crippen molar-refractivity contribution in [3.8, 4) is 5.82 Å². The van der Waals surface area contributed by atoms with Gasteiger partial charge in [-0.15, -0.1) is 0 Å². The van der Waals surface area contributed by atoms with Gasteiger partial charge in [0.25, 0.3) is 5.69 Å². The lowest BCUT2D eigenvalue weighted by molar-refractivity contribution is -0.385. The third-order valence-electron chi connectivity index (χ3n) is 2.06. The molecule has 0 saturated carbocycles. The second-order valence-corrected chi connectivity index (χ2v) is 4.48. The molecule has 0 aliphatic heterocycles. The number of nitrogens with zero attached hydrogens (tertiary/aromatic N) is 4. The lowest BCUT2D eigenvalue weighted by Crippen LogP contribution is -2.09. The largest absolute Gasteiger partial charge is 0.478 e. The van der Waals surface area contributed by atoms with Gasteiger partial charge < -0.3 is 5.11 Å². The quantitative estimate of drug-likeness (QED) is 0.504. The van der Waals surface area contributed by atoms with Crippen LogP contribution in [-0.2, 0) is 0 Å². The van der Waals surface area contributed by atoms with Crippen molar-refractivity contribution < 1.29 is 14.8 Å². The van der Waals surface area contributed by atoms with E-state index in [-0.39, 0.29) is 17.1 Å². The third-order valence-corrected chi connectivity index (χ3v) is 2.62. The van der Waals surface area contributed by atoms with Crippen molar-refractivity contribution in [2.24, 2.45) is 0 Å². The van der Waals surface area contributed by atoms with Crippen LogP contribution >= 0.6 is 22.6 Å². The molecule has 2 heterocycles. The van der Waals surface area contributed by atoms with E-state index in [0.717, 1.165) is 15.8 Å². The fraction of sp³-hybridized carbons (Fsp3) is 0. The number of nitro groups is 1. The molecular formula is C9H5IN4O4. The van der Waals surface area contributed by atoms with Crippen molar-refractivity contribution in [3.63, 3.8) is 0 Å². The van der Waals surface area contributed by atoms with Crippen LogP contribution in [-0.4, -0.2) is 30.8 Å². The molecule has 0 unspecified atom stereocenters. The maximum Gasteiger partial charge on any atom is 0.339 e. The van der Waals surface area contributed by atoms with E-state index in [1.807, 2.05) is 22.6 Å². The van der Waals surface area contributed by atoms with Gasteiger partial charge in [0, 0.05) is 12.3 Å². The molecule has 0 radical (unpaired) electrons. The Balaban J connectivity index is 2.60. The highest BCUT2D eigenvalue weighted by Crippen LogP contribution is 2.18. The lowest BCUT2D eigenvalue weighted by atomic mass is 10.2. The summed E-state index contributed by atoms with van der Waals surface area (Å²) in [5.41, 5.74) is -0.651. The first kappa shape index (κ1) is 12.4. The Morgan fingerprint density at radius 2 is 2.22 bits per heavy atom. The number of hydrogen-bond donors (Lipinski definition) is 1. The maximum atomic E-state index is 11.1. The van der Waals surface area contributed by atoms with E-state index in [0.29, 0.717) is 0 Å². The van der Waals surface area contributed by atoms with E-state index in [1.54, 1.807) is 6.20 Å². The number of hydrogen-bond acceptors (Lipinski definition) is 5. The van der Waals surface area contributed by atoms with Crippen molar-refractivity contribution in [2.75, 3.05) is 0 Å². The zero-order valence-electron chi connectivity index (χ0n) is 8.65. The van der Waals surface area contributed by atoms with Crippen LogP contribution < -0.4 is 0 Å². The van der Waals surface area contributed by atoms with Crippen LogP contribution in [0.15, 0.2) is 24.7 Å². The van der Waals surface area contributed by atoms with Gasteiger partial charge >= 0.3 is 5.97 Å². The minimum Gasteiger partial charge on any atom is -0.478 e. The van der Waals surface area contributed by atoms with Crippen LogP contribution in [0.1, 0.15) is 10.4 Å².